The predicted molar refractivity (Wildman–Crippen MR) is 124 cm³/mol. The summed E-state index contributed by atoms with van der Waals surface area (Å²) in [5.74, 6) is 0.671. The molecule has 0 bridgehead atoms. The molecule has 0 aliphatic rings. The van der Waals surface area contributed by atoms with Crippen molar-refractivity contribution in [2.24, 2.45) is 0 Å². The molecule has 6 aromatic rings. The van der Waals surface area contributed by atoms with Gasteiger partial charge in [0.05, 0.1) is 34.0 Å². The number of hydrogen-bond donors (Lipinski definition) is 2. The first kappa shape index (κ1) is 18.5. The maximum absolute atomic E-state index is 4.86. The van der Waals surface area contributed by atoms with Gasteiger partial charge in [-0.15, -0.1) is 11.3 Å². The lowest BCUT2D eigenvalue weighted by Gasteiger charge is -2.08. The second kappa shape index (κ2) is 7.45. The van der Waals surface area contributed by atoms with Crippen molar-refractivity contribution in [2.45, 2.75) is 16.3 Å². The summed E-state index contributed by atoms with van der Waals surface area (Å²) in [6, 6.07) is 10.1. The minimum Gasteiger partial charge on any atom is -0.328 e. The third-order valence-corrected chi connectivity index (χ3v) is 7.40. The van der Waals surface area contributed by atoms with Crippen LogP contribution >= 0.6 is 34.6 Å². The molecular formula is C20H14N8S3. The van der Waals surface area contributed by atoms with Crippen LogP contribution in [-0.4, -0.2) is 33.9 Å². The second-order valence-electron chi connectivity index (χ2n) is 6.76. The van der Waals surface area contributed by atoms with Crippen molar-refractivity contribution in [3.05, 3.63) is 60.8 Å². The van der Waals surface area contributed by atoms with Gasteiger partial charge in [0.2, 0.25) is 0 Å². The second-order valence-corrected chi connectivity index (χ2v) is 9.86. The standard InChI is InChI=1S/C20H14N8S3/c1-11-6-16(31-27-11)25-18-19-21-9-14(12-7-22-23-8-12)28(19)10-17(26-18)30-20-24-13-4-2-3-5-15(13)29-20/h2-10H,1H3,(H,22,23)(H,25,26). The highest BCUT2D eigenvalue weighted by atomic mass is 32.2. The van der Waals surface area contributed by atoms with Crippen LogP contribution in [0.2, 0.25) is 0 Å². The molecule has 0 fully saturated rings. The molecule has 0 atom stereocenters. The van der Waals surface area contributed by atoms with Crippen LogP contribution in [0.5, 0.6) is 0 Å². The number of thiazole rings is 1. The van der Waals surface area contributed by atoms with E-state index in [9.17, 15) is 0 Å². The zero-order valence-corrected chi connectivity index (χ0v) is 18.6. The predicted octanol–water partition coefficient (Wildman–Crippen LogP) is 5.39. The quantitative estimate of drug-likeness (QED) is 0.355. The summed E-state index contributed by atoms with van der Waals surface area (Å²) in [5.41, 5.74) is 4.58. The lowest BCUT2D eigenvalue weighted by Crippen LogP contribution is -1.99. The Bertz CT molecular complexity index is 1480. The van der Waals surface area contributed by atoms with Gasteiger partial charge in [0, 0.05) is 18.0 Å². The van der Waals surface area contributed by atoms with Gasteiger partial charge in [0.25, 0.3) is 0 Å². The molecule has 0 unspecified atom stereocenters. The van der Waals surface area contributed by atoms with E-state index < -0.39 is 0 Å². The van der Waals surface area contributed by atoms with Crippen LogP contribution in [0.25, 0.3) is 27.1 Å². The SMILES string of the molecule is Cc1cc(Nc2nc(Sc3nc4ccccc4s3)cn3c(-c4cn[nH]c4)cnc23)sn1. The van der Waals surface area contributed by atoms with Crippen LogP contribution in [-0.2, 0) is 0 Å². The highest BCUT2D eigenvalue weighted by molar-refractivity contribution is 8.01. The molecule has 2 N–H and O–H groups in total. The minimum atomic E-state index is 0.671. The van der Waals surface area contributed by atoms with E-state index >= 15 is 0 Å². The van der Waals surface area contributed by atoms with E-state index in [1.165, 1.54) is 23.3 Å². The number of aryl methyl sites for hydroxylation is 1. The molecule has 6 rings (SSSR count). The molecule has 1 aromatic carbocycles. The van der Waals surface area contributed by atoms with E-state index in [4.69, 9.17) is 9.97 Å². The van der Waals surface area contributed by atoms with Gasteiger partial charge in [-0.25, -0.2) is 15.0 Å². The number of hydrogen-bond acceptors (Lipinski definition) is 9. The molecule has 5 aromatic heterocycles. The van der Waals surface area contributed by atoms with Gasteiger partial charge in [-0.05, 0) is 48.4 Å². The number of aromatic amines is 1. The first-order valence-electron chi connectivity index (χ1n) is 9.34. The van der Waals surface area contributed by atoms with Gasteiger partial charge >= 0.3 is 0 Å². The molecule has 0 spiro atoms. The Morgan fingerprint density at radius 2 is 2.10 bits per heavy atom. The molecule has 0 amide bonds. The van der Waals surface area contributed by atoms with E-state index in [0.717, 1.165) is 47.2 Å². The Kier molecular flexibility index (Phi) is 4.44. The number of anilines is 2. The molecule has 0 saturated carbocycles. The molecule has 152 valence electrons. The van der Waals surface area contributed by atoms with E-state index in [0.29, 0.717) is 5.82 Å². The summed E-state index contributed by atoms with van der Waals surface area (Å²) in [4.78, 5) is 14.2. The van der Waals surface area contributed by atoms with Gasteiger partial charge in [-0.1, -0.05) is 12.1 Å². The number of nitrogens with one attached hydrogen (secondary N) is 2. The molecule has 5 heterocycles. The van der Waals surface area contributed by atoms with E-state index in [1.54, 1.807) is 17.5 Å². The first-order valence-corrected chi connectivity index (χ1v) is 11.7. The highest BCUT2D eigenvalue weighted by Gasteiger charge is 2.16. The van der Waals surface area contributed by atoms with Crippen molar-refractivity contribution in [2.75, 3.05) is 5.32 Å². The third-order valence-electron chi connectivity index (χ3n) is 4.60. The summed E-state index contributed by atoms with van der Waals surface area (Å²) < 4.78 is 8.48. The van der Waals surface area contributed by atoms with Crippen molar-refractivity contribution < 1.29 is 0 Å². The van der Waals surface area contributed by atoms with Gasteiger partial charge in [0.15, 0.2) is 15.8 Å². The average molecular weight is 463 g/mol. The van der Waals surface area contributed by atoms with Crippen molar-refractivity contribution in [1.29, 1.82) is 0 Å². The number of nitrogens with zero attached hydrogens (tertiary/aromatic N) is 6. The van der Waals surface area contributed by atoms with Gasteiger partial charge in [-0.2, -0.15) is 9.47 Å². The monoisotopic (exact) mass is 462 g/mol. The van der Waals surface area contributed by atoms with Crippen molar-refractivity contribution >= 4 is 61.3 Å². The molecule has 11 heteroatoms. The largest absolute Gasteiger partial charge is 0.328 e. The molecule has 8 nitrogen and oxygen atoms in total. The fraction of sp³-hybridized carbons (Fsp3) is 0.0500. The van der Waals surface area contributed by atoms with Gasteiger partial charge in [0.1, 0.15) is 10.0 Å². The van der Waals surface area contributed by atoms with Crippen LogP contribution in [0.1, 0.15) is 5.69 Å². The molecule has 0 radical (unpaired) electrons. The summed E-state index contributed by atoms with van der Waals surface area (Å²) in [6.07, 6.45) is 7.45. The molecule has 0 aliphatic carbocycles. The summed E-state index contributed by atoms with van der Waals surface area (Å²) in [5, 5.41) is 12.1. The minimum absolute atomic E-state index is 0.671. The molecular weight excluding hydrogens is 448 g/mol. The van der Waals surface area contributed by atoms with Gasteiger partial charge < -0.3 is 5.32 Å². The smallest absolute Gasteiger partial charge is 0.181 e. The van der Waals surface area contributed by atoms with E-state index in [-0.39, 0.29) is 0 Å². The Hall–Kier alpha value is -3.28. The number of benzene rings is 1. The Labute approximate surface area is 188 Å². The van der Waals surface area contributed by atoms with Crippen LogP contribution < -0.4 is 5.32 Å². The molecule has 0 aliphatic heterocycles. The highest BCUT2D eigenvalue weighted by Crippen LogP contribution is 2.36. The van der Waals surface area contributed by atoms with E-state index in [2.05, 4.69) is 30.9 Å². The summed E-state index contributed by atoms with van der Waals surface area (Å²) in [6.45, 7) is 1.97. The maximum atomic E-state index is 4.86. The number of H-pyrrole nitrogens is 1. The number of para-hydroxylation sites is 1. The number of imidazole rings is 1. The lowest BCUT2D eigenvalue weighted by atomic mass is 10.3. The molecule has 31 heavy (non-hydrogen) atoms. The number of fused-ring (bicyclic) bond motifs is 2. The first-order chi connectivity index (χ1) is 15.2. The van der Waals surface area contributed by atoms with Crippen LogP contribution in [0.3, 0.4) is 0 Å². The lowest BCUT2D eigenvalue weighted by molar-refractivity contribution is 1.03. The third kappa shape index (κ3) is 3.46. The van der Waals surface area contributed by atoms with E-state index in [1.807, 2.05) is 54.2 Å². The van der Waals surface area contributed by atoms with Crippen LogP contribution in [0.15, 0.2) is 64.5 Å². The maximum Gasteiger partial charge on any atom is 0.181 e. The Morgan fingerprint density at radius 3 is 2.90 bits per heavy atom. The summed E-state index contributed by atoms with van der Waals surface area (Å²) in [7, 11) is 0. The number of rotatable bonds is 5. The fourth-order valence-electron chi connectivity index (χ4n) is 3.23. The van der Waals surface area contributed by atoms with Crippen LogP contribution in [0.4, 0.5) is 10.8 Å². The number of aromatic nitrogens is 7. The van der Waals surface area contributed by atoms with Gasteiger partial charge in [-0.3, -0.25) is 9.50 Å². The average Bonchev–Trinajstić information content (AvgIpc) is 3.54. The Morgan fingerprint density at radius 1 is 1.16 bits per heavy atom. The van der Waals surface area contributed by atoms with Crippen molar-refractivity contribution in [1.82, 2.24) is 33.9 Å². The van der Waals surface area contributed by atoms with Crippen molar-refractivity contribution in [3.8, 4) is 11.3 Å². The summed E-state index contributed by atoms with van der Waals surface area (Å²) >= 11 is 4.60. The zero-order valence-electron chi connectivity index (χ0n) is 16.1. The normalized spacial score (nSPS) is 11.5. The van der Waals surface area contributed by atoms with Crippen molar-refractivity contribution in [3.63, 3.8) is 0 Å². The zero-order chi connectivity index (χ0) is 20.8. The van der Waals surface area contributed by atoms with Crippen LogP contribution in [0, 0.1) is 6.92 Å². The fourth-order valence-corrected chi connectivity index (χ4v) is 5.89. The Balaban J connectivity index is 1.47. The topological polar surface area (TPSA) is 96.7 Å². The molecule has 0 saturated heterocycles.